The second-order valence-electron chi connectivity index (χ2n) is 10.8. The molecule has 1 aromatic heterocycles. The molecule has 3 aromatic carbocycles. The third kappa shape index (κ3) is 5.13. The van der Waals surface area contributed by atoms with Crippen molar-refractivity contribution < 1.29 is 39.7 Å². The maximum absolute atomic E-state index is 11.4. The Bertz CT molecular complexity index is 1570. The van der Waals surface area contributed by atoms with Crippen molar-refractivity contribution >= 4 is 0 Å². The number of aromatic hydroxyl groups is 2. The smallest absolute Gasteiger partial charge is 0.160 e. The molecule has 42 heavy (non-hydrogen) atoms. The Morgan fingerprint density at radius 3 is 2.62 bits per heavy atom. The van der Waals surface area contributed by atoms with Gasteiger partial charge in [0.15, 0.2) is 11.5 Å². The van der Waals surface area contributed by atoms with Crippen LogP contribution in [0, 0.1) is 0 Å². The van der Waals surface area contributed by atoms with Crippen LogP contribution in [0.2, 0.25) is 0 Å². The summed E-state index contributed by atoms with van der Waals surface area (Å²) in [5, 5.41) is 51.6. The van der Waals surface area contributed by atoms with Crippen LogP contribution < -0.4 is 14.2 Å². The molecule has 3 unspecified atom stereocenters. The van der Waals surface area contributed by atoms with Crippen LogP contribution in [-0.2, 0) is 19.4 Å². The Balaban J connectivity index is 1.50. The summed E-state index contributed by atoms with van der Waals surface area (Å²) < 4.78 is 20.0. The molecule has 3 atom stereocenters. The van der Waals surface area contributed by atoms with Crippen LogP contribution in [0.5, 0.6) is 28.7 Å². The van der Waals surface area contributed by atoms with Gasteiger partial charge in [0.2, 0.25) is 0 Å². The summed E-state index contributed by atoms with van der Waals surface area (Å²) in [6, 6.07) is 11.9. The van der Waals surface area contributed by atoms with Crippen LogP contribution in [0.15, 0.2) is 61.2 Å². The summed E-state index contributed by atoms with van der Waals surface area (Å²) >= 11 is 0. The van der Waals surface area contributed by atoms with Gasteiger partial charge in [-0.2, -0.15) is 0 Å². The van der Waals surface area contributed by atoms with Crippen LogP contribution in [0.25, 0.3) is 11.1 Å². The average Bonchev–Trinajstić information content (AvgIpc) is 3.52. The van der Waals surface area contributed by atoms with Crippen LogP contribution in [0.4, 0.5) is 0 Å². The zero-order chi connectivity index (χ0) is 29.4. The first-order valence-electron chi connectivity index (χ1n) is 14.0. The topological polar surface area (TPSA) is 147 Å². The van der Waals surface area contributed by atoms with Crippen molar-refractivity contribution in [3.63, 3.8) is 0 Å². The first kappa shape index (κ1) is 27.9. The van der Waals surface area contributed by atoms with Crippen molar-refractivity contribution in [2.45, 2.75) is 50.0 Å². The van der Waals surface area contributed by atoms with Crippen LogP contribution in [0.3, 0.4) is 0 Å². The van der Waals surface area contributed by atoms with Crippen LogP contribution in [0.1, 0.15) is 40.7 Å². The van der Waals surface area contributed by atoms with Gasteiger partial charge in [-0.25, -0.2) is 4.98 Å². The molecule has 0 bridgehead atoms. The molecule has 1 aliphatic carbocycles. The molecule has 1 aliphatic heterocycles. The Morgan fingerprint density at radius 2 is 1.88 bits per heavy atom. The lowest BCUT2D eigenvalue weighted by molar-refractivity contribution is 0.0194. The molecule has 220 valence electrons. The maximum Gasteiger partial charge on any atom is 0.160 e. The highest BCUT2D eigenvalue weighted by Crippen LogP contribution is 2.53. The van der Waals surface area contributed by atoms with Gasteiger partial charge in [-0.15, -0.1) is 0 Å². The molecule has 0 saturated heterocycles. The zero-order valence-corrected chi connectivity index (χ0v) is 23.2. The number of fused-ring (bicyclic) bond motifs is 5. The summed E-state index contributed by atoms with van der Waals surface area (Å²) in [6.07, 6.45) is 4.65. The van der Waals surface area contributed by atoms with E-state index in [0.717, 1.165) is 34.2 Å². The molecule has 6 rings (SSSR count). The minimum absolute atomic E-state index is 0.0128. The molecular weight excluding hydrogens is 540 g/mol. The number of nitrogens with zero attached hydrogens (tertiary/aromatic N) is 2. The minimum atomic E-state index is -0.888. The fourth-order valence-electron chi connectivity index (χ4n) is 6.17. The number of hydrogen-bond donors (Lipinski definition) is 5. The number of aryl methyl sites for hydroxylation is 1. The number of aromatic nitrogens is 2. The van der Waals surface area contributed by atoms with E-state index in [2.05, 4.69) is 4.98 Å². The monoisotopic (exact) mass is 574 g/mol. The quantitative estimate of drug-likeness (QED) is 0.203. The van der Waals surface area contributed by atoms with E-state index in [4.69, 9.17) is 14.2 Å². The molecule has 4 aromatic rings. The number of rotatable bonds is 9. The predicted molar refractivity (Wildman–Crippen MR) is 153 cm³/mol. The number of phenolic OH excluding ortho intramolecular Hbond substituents is 2. The van der Waals surface area contributed by atoms with Gasteiger partial charge in [0.1, 0.15) is 29.5 Å². The highest BCUT2D eigenvalue weighted by Gasteiger charge is 2.38. The van der Waals surface area contributed by atoms with Crippen molar-refractivity contribution in [2.24, 2.45) is 0 Å². The average molecular weight is 575 g/mol. The summed E-state index contributed by atoms with van der Waals surface area (Å²) in [4.78, 5) is 4.16. The summed E-state index contributed by atoms with van der Waals surface area (Å²) in [5.41, 5.74) is 5.14. The fraction of sp³-hybridized carbons (Fsp3) is 0.344. The van der Waals surface area contributed by atoms with Gasteiger partial charge in [0.25, 0.3) is 0 Å². The lowest BCUT2D eigenvalue weighted by Gasteiger charge is -2.38. The van der Waals surface area contributed by atoms with E-state index in [1.54, 1.807) is 42.9 Å². The van der Waals surface area contributed by atoms with Gasteiger partial charge < -0.3 is 44.3 Å². The van der Waals surface area contributed by atoms with Crippen molar-refractivity contribution in [3.05, 3.63) is 83.4 Å². The van der Waals surface area contributed by atoms with Gasteiger partial charge >= 0.3 is 0 Å². The maximum atomic E-state index is 11.4. The summed E-state index contributed by atoms with van der Waals surface area (Å²) in [7, 11) is 1.46. The molecule has 0 amide bonds. The van der Waals surface area contributed by atoms with E-state index in [0.29, 0.717) is 36.4 Å². The highest BCUT2D eigenvalue weighted by atomic mass is 16.5. The third-order valence-electron chi connectivity index (χ3n) is 8.18. The molecule has 0 radical (unpaired) electrons. The van der Waals surface area contributed by atoms with Crippen molar-refractivity contribution in [3.8, 4) is 39.9 Å². The number of hydrogen-bond acceptors (Lipinski definition) is 9. The molecule has 2 aliphatic rings. The highest BCUT2D eigenvalue weighted by molar-refractivity contribution is 5.83. The first-order chi connectivity index (χ1) is 20.4. The Hall–Kier alpha value is -4.25. The SMILES string of the molecule is COc1cc(C2Oc3cc(OC(CO)CO)c4c(c3CC2O)C(CCn2ccnc2)Cc2cc(O)ccc2-4)ccc1O. The van der Waals surface area contributed by atoms with Gasteiger partial charge in [-0.05, 0) is 65.3 Å². The van der Waals surface area contributed by atoms with E-state index < -0.39 is 18.3 Å². The van der Waals surface area contributed by atoms with Crippen molar-refractivity contribution in [2.75, 3.05) is 20.3 Å². The number of aliphatic hydroxyl groups is 3. The molecule has 10 heteroatoms. The van der Waals surface area contributed by atoms with E-state index in [9.17, 15) is 25.5 Å². The third-order valence-corrected chi connectivity index (χ3v) is 8.18. The molecular formula is C32H34N2O8. The normalized spacial score (nSPS) is 19.0. The van der Waals surface area contributed by atoms with Crippen LogP contribution in [-0.4, -0.2) is 67.6 Å². The van der Waals surface area contributed by atoms with Crippen molar-refractivity contribution in [1.29, 1.82) is 0 Å². The van der Waals surface area contributed by atoms with E-state index in [-0.39, 0.29) is 36.4 Å². The fourth-order valence-corrected chi connectivity index (χ4v) is 6.17. The molecule has 2 heterocycles. The van der Waals surface area contributed by atoms with Gasteiger partial charge in [0.05, 0.1) is 32.8 Å². The number of ether oxygens (including phenoxy) is 3. The lowest BCUT2D eigenvalue weighted by Crippen LogP contribution is -2.32. The lowest BCUT2D eigenvalue weighted by atomic mass is 9.73. The predicted octanol–water partition coefficient (Wildman–Crippen LogP) is 3.47. The number of imidazole rings is 1. The van der Waals surface area contributed by atoms with E-state index in [1.165, 1.54) is 13.2 Å². The van der Waals surface area contributed by atoms with Crippen molar-refractivity contribution in [1.82, 2.24) is 9.55 Å². The minimum Gasteiger partial charge on any atom is -0.508 e. The summed E-state index contributed by atoms with van der Waals surface area (Å²) in [5.74, 6) is 1.39. The largest absolute Gasteiger partial charge is 0.508 e. The molecule has 10 nitrogen and oxygen atoms in total. The standard InChI is InChI=1S/C32H34N2O8/c1-40-28-12-19(2-5-25(28)38)32-26(39)13-24-27(42-32)14-29(41-22(15-35)16-36)31-23-4-3-21(37)11-20(23)10-18(30(24)31)6-8-34-9-7-33-17-34/h2-5,7,9,11-12,14,17-18,22,26,32,35-39H,6,8,10,13,15-16H2,1H3. The van der Waals surface area contributed by atoms with Crippen LogP contribution >= 0.6 is 0 Å². The Morgan fingerprint density at radius 1 is 1.05 bits per heavy atom. The number of phenols is 2. The van der Waals surface area contributed by atoms with Gasteiger partial charge in [0, 0.05) is 42.6 Å². The molecule has 0 fully saturated rings. The van der Waals surface area contributed by atoms with E-state index in [1.807, 2.05) is 16.8 Å². The number of benzene rings is 3. The Labute approximate surface area is 243 Å². The molecule has 5 N–H and O–H groups in total. The van der Waals surface area contributed by atoms with Gasteiger partial charge in [-0.3, -0.25) is 0 Å². The number of aliphatic hydroxyl groups excluding tert-OH is 3. The van der Waals surface area contributed by atoms with Gasteiger partial charge in [-0.1, -0.05) is 12.1 Å². The Kier molecular flexibility index (Phi) is 7.68. The molecule has 0 saturated carbocycles. The zero-order valence-electron chi connectivity index (χ0n) is 23.2. The second-order valence-corrected chi connectivity index (χ2v) is 10.8. The first-order valence-corrected chi connectivity index (χ1v) is 14.0. The summed E-state index contributed by atoms with van der Waals surface area (Å²) in [6.45, 7) is -0.0674. The molecule has 0 spiro atoms. The van der Waals surface area contributed by atoms with E-state index >= 15 is 0 Å². The number of methoxy groups -OCH3 is 1. The second kappa shape index (κ2) is 11.6.